The highest BCUT2D eigenvalue weighted by Gasteiger charge is 2.14. The lowest BCUT2D eigenvalue weighted by Gasteiger charge is -2.18. The summed E-state index contributed by atoms with van der Waals surface area (Å²) in [5.74, 6) is 2.47. The van der Waals surface area contributed by atoms with Crippen LogP contribution < -0.4 is 5.32 Å². The maximum atomic E-state index is 12.5. The molecule has 1 aliphatic carbocycles. The second kappa shape index (κ2) is 21.1. The van der Waals surface area contributed by atoms with E-state index in [1.807, 2.05) is 36.4 Å². The fraction of sp³-hybridized carbons (Fsp3) is 0.533. The van der Waals surface area contributed by atoms with Crippen LogP contribution in [0.5, 0.6) is 0 Å². The molecule has 0 radical (unpaired) electrons. The van der Waals surface area contributed by atoms with Gasteiger partial charge in [0.1, 0.15) is 6.10 Å². The van der Waals surface area contributed by atoms with Crippen LogP contribution in [0.25, 0.3) is 6.08 Å². The van der Waals surface area contributed by atoms with Crippen LogP contribution in [0.4, 0.5) is 4.79 Å². The number of amides is 2. The first-order valence-electron chi connectivity index (χ1n) is 13.6. The summed E-state index contributed by atoms with van der Waals surface area (Å²) in [4.78, 5) is 26.9. The first-order valence-corrected chi connectivity index (χ1v) is 14.0. The van der Waals surface area contributed by atoms with Gasteiger partial charge in [0.15, 0.2) is 0 Å². The molecule has 0 fully saturated rings. The average molecular weight is 559 g/mol. The highest BCUT2D eigenvalue weighted by molar-refractivity contribution is 7.80. The molecule has 0 aromatic heterocycles. The van der Waals surface area contributed by atoms with Crippen molar-refractivity contribution in [1.82, 2.24) is 10.2 Å². The van der Waals surface area contributed by atoms with E-state index in [0.29, 0.717) is 52.7 Å². The predicted octanol–water partition coefficient (Wildman–Crippen LogP) is 4.51. The van der Waals surface area contributed by atoms with Crippen molar-refractivity contribution in [3.63, 3.8) is 0 Å². The molecule has 0 spiro atoms. The zero-order valence-corrected chi connectivity index (χ0v) is 23.6. The number of carbonyl (C=O) groups is 2. The third kappa shape index (κ3) is 15.4. The maximum absolute atomic E-state index is 12.5. The highest BCUT2D eigenvalue weighted by atomic mass is 32.1. The number of nitrogens with zero attached hydrogens (tertiary/aromatic N) is 1. The Labute approximate surface area is 238 Å². The van der Waals surface area contributed by atoms with E-state index in [1.165, 1.54) is 0 Å². The van der Waals surface area contributed by atoms with Crippen LogP contribution in [0, 0.1) is 12.3 Å². The molecule has 0 aliphatic heterocycles. The topological polar surface area (TPSA) is 86.3 Å². The van der Waals surface area contributed by atoms with Gasteiger partial charge >= 0.3 is 6.09 Å². The van der Waals surface area contributed by atoms with E-state index in [1.54, 1.807) is 4.90 Å². The van der Waals surface area contributed by atoms with Crippen molar-refractivity contribution in [1.29, 1.82) is 0 Å². The van der Waals surface area contributed by atoms with E-state index in [4.69, 9.17) is 25.4 Å². The number of alkyl carbamates (subject to hydrolysis) is 1. The molecule has 0 heterocycles. The van der Waals surface area contributed by atoms with Gasteiger partial charge in [0, 0.05) is 18.0 Å². The number of nitrogens with one attached hydrogen (secondary N) is 1. The molecule has 2 rings (SSSR count). The van der Waals surface area contributed by atoms with Gasteiger partial charge in [-0.05, 0) is 43.7 Å². The summed E-state index contributed by atoms with van der Waals surface area (Å²) in [5, 5.41) is 2.72. The molecular formula is C30H42N2O6S. The van der Waals surface area contributed by atoms with Gasteiger partial charge in [-0.15, -0.1) is 19.1 Å². The Hall–Kier alpha value is -2.77. The molecule has 1 aliphatic rings. The molecule has 1 aromatic carbocycles. The lowest BCUT2D eigenvalue weighted by Crippen LogP contribution is -2.32. The number of hydrogen-bond donors (Lipinski definition) is 2. The van der Waals surface area contributed by atoms with Crippen molar-refractivity contribution in [3.05, 3.63) is 48.1 Å². The van der Waals surface area contributed by atoms with Crippen LogP contribution in [0.1, 0.15) is 44.1 Å². The summed E-state index contributed by atoms with van der Waals surface area (Å²) in [6, 6.07) is 7.74. The van der Waals surface area contributed by atoms with Crippen LogP contribution in [0.2, 0.25) is 0 Å². The number of carbonyl (C=O) groups excluding carboxylic acids is 2. The molecule has 0 saturated heterocycles. The van der Waals surface area contributed by atoms with Crippen molar-refractivity contribution in [2.24, 2.45) is 0 Å². The second-order valence-corrected chi connectivity index (χ2v) is 9.44. The third-order valence-corrected chi connectivity index (χ3v) is 6.31. The van der Waals surface area contributed by atoms with Crippen LogP contribution in [0.3, 0.4) is 0 Å². The van der Waals surface area contributed by atoms with Crippen molar-refractivity contribution in [3.8, 4) is 12.3 Å². The summed E-state index contributed by atoms with van der Waals surface area (Å²) >= 11 is 4.42. The summed E-state index contributed by atoms with van der Waals surface area (Å²) in [6.45, 7) is 3.34. The van der Waals surface area contributed by atoms with Gasteiger partial charge in [-0.1, -0.05) is 48.4 Å². The van der Waals surface area contributed by atoms with Crippen molar-refractivity contribution in [2.45, 2.75) is 49.5 Å². The number of allylic oxidation sites excluding steroid dienone is 2. The minimum Gasteiger partial charge on any atom is -0.446 e. The molecule has 1 unspecified atom stereocenters. The Bertz CT molecular complexity index is 946. The lowest BCUT2D eigenvalue weighted by atomic mass is 10.0. The van der Waals surface area contributed by atoms with Crippen molar-refractivity contribution in [2.75, 3.05) is 59.3 Å². The van der Waals surface area contributed by atoms with Gasteiger partial charge < -0.3 is 29.2 Å². The van der Waals surface area contributed by atoms with Crippen LogP contribution in [0.15, 0.2) is 47.4 Å². The summed E-state index contributed by atoms with van der Waals surface area (Å²) in [7, 11) is 0. The van der Waals surface area contributed by atoms with Gasteiger partial charge in [0.2, 0.25) is 5.91 Å². The van der Waals surface area contributed by atoms with E-state index in [9.17, 15) is 9.59 Å². The molecule has 1 N–H and O–H groups in total. The smallest absolute Gasteiger partial charge is 0.407 e. The van der Waals surface area contributed by atoms with Crippen LogP contribution >= 0.6 is 12.6 Å². The Morgan fingerprint density at radius 2 is 1.74 bits per heavy atom. The molecule has 1 aromatic rings. The molecular weight excluding hydrogens is 516 g/mol. The standard InChI is InChI=1S/C30H42N2O6S/c1-2-18-32(19-10-12-26-11-8-9-15-28(26)39)29(33)16-20-35-22-24-37-25-23-36-21-17-31-30(34)38-27-13-6-4-3-5-7-14-27/h1,3-4,8-12,15,27,39H,5-7,13-14,16-25H2,(H,31,34)/b4-3+,12-10+. The fourth-order valence-electron chi connectivity index (χ4n) is 3.82. The van der Waals surface area contributed by atoms with E-state index in [0.717, 1.165) is 42.6 Å². The number of hydrogen-bond acceptors (Lipinski definition) is 7. The Morgan fingerprint density at radius 3 is 2.51 bits per heavy atom. The van der Waals surface area contributed by atoms with Crippen molar-refractivity contribution >= 4 is 30.7 Å². The highest BCUT2D eigenvalue weighted by Crippen LogP contribution is 2.16. The van der Waals surface area contributed by atoms with E-state index >= 15 is 0 Å². The van der Waals surface area contributed by atoms with Crippen LogP contribution in [-0.2, 0) is 23.7 Å². The quantitative estimate of drug-likeness (QED) is 0.127. The van der Waals surface area contributed by atoms with Crippen LogP contribution in [-0.4, -0.2) is 82.3 Å². The number of ether oxygens (including phenoxy) is 4. The Morgan fingerprint density at radius 1 is 1.03 bits per heavy atom. The normalized spacial score (nSPS) is 16.2. The Balaban J connectivity index is 1.43. The SMILES string of the molecule is C#CCN(C/C=C/c1ccccc1S)C(=O)CCOCCOCCOCCNC(=O)OC1CC/C=C/CCC1. The monoisotopic (exact) mass is 558 g/mol. The Kier molecular flexibility index (Phi) is 17.6. The minimum absolute atomic E-state index is 0.0181. The minimum atomic E-state index is -0.391. The first kappa shape index (κ1) is 32.4. The fourth-order valence-corrected chi connectivity index (χ4v) is 4.06. The van der Waals surface area contributed by atoms with Gasteiger partial charge in [0.05, 0.1) is 52.6 Å². The number of thiol groups is 1. The molecule has 9 heteroatoms. The molecule has 39 heavy (non-hydrogen) atoms. The number of benzene rings is 1. The van der Waals surface area contributed by atoms with E-state index in [-0.39, 0.29) is 25.0 Å². The van der Waals surface area contributed by atoms with Gasteiger partial charge in [-0.3, -0.25) is 4.79 Å². The third-order valence-electron chi connectivity index (χ3n) is 5.91. The molecule has 8 nitrogen and oxygen atoms in total. The van der Waals surface area contributed by atoms with Gasteiger partial charge in [0.25, 0.3) is 0 Å². The lowest BCUT2D eigenvalue weighted by molar-refractivity contribution is -0.131. The molecule has 2 amide bonds. The largest absolute Gasteiger partial charge is 0.446 e. The zero-order chi connectivity index (χ0) is 28.0. The summed E-state index contributed by atoms with van der Waals surface area (Å²) in [6.07, 6.45) is 18.2. The number of rotatable bonds is 17. The zero-order valence-electron chi connectivity index (χ0n) is 22.7. The molecule has 1 atom stereocenters. The van der Waals surface area contributed by atoms with Gasteiger partial charge in [-0.25, -0.2) is 4.79 Å². The van der Waals surface area contributed by atoms with Gasteiger partial charge in [-0.2, -0.15) is 0 Å². The molecule has 0 bridgehead atoms. The average Bonchev–Trinajstić information content (AvgIpc) is 2.91. The second-order valence-electron chi connectivity index (χ2n) is 8.96. The predicted molar refractivity (Wildman–Crippen MR) is 156 cm³/mol. The first-order chi connectivity index (χ1) is 19.1. The molecule has 214 valence electrons. The summed E-state index contributed by atoms with van der Waals surface area (Å²) in [5.41, 5.74) is 0.984. The number of terminal acetylenes is 1. The van der Waals surface area contributed by atoms with E-state index < -0.39 is 6.09 Å². The summed E-state index contributed by atoms with van der Waals surface area (Å²) < 4.78 is 21.9. The van der Waals surface area contributed by atoms with Crippen molar-refractivity contribution < 1.29 is 28.5 Å². The maximum Gasteiger partial charge on any atom is 0.407 e. The van der Waals surface area contributed by atoms with E-state index in [2.05, 4.69) is 36.0 Å². The molecule has 0 saturated carbocycles.